The second-order valence-corrected chi connectivity index (χ2v) is 7.82. The molecule has 0 aromatic heterocycles. The summed E-state index contributed by atoms with van der Waals surface area (Å²) >= 11 is -0.487. The first-order valence-corrected chi connectivity index (χ1v) is 8.47. The zero-order valence-corrected chi connectivity index (χ0v) is 9.34. The summed E-state index contributed by atoms with van der Waals surface area (Å²) in [5.41, 5.74) is 6.12. The Balaban J connectivity index is 0.000001000. The van der Waals surface area contributed by atoms with Gasteiger partial charge in [0.15, 0.2) is 0 Å². The molecule has 0 spiro atoms. The largest absolute Gasteiger partial charge is 1.00 e. The summed E-state index contributed by atoms with van der Waals surface area (Å²) in [5, 5.41) is 1.29. The van der Waals surface area contributed by atoms with E-state index in [2.05, 4.69) is 29.6 Å². The van der Waals surface area contributed by atoms with Gasteiger partial charge in [-0.15, -0.1) is 0 Å². The minimum Gasteiger partial charge on any atom is 1.00 e. The van der Waals surface area contributed by atoms with Crippen LogP contribution in [0, 0.1) is 6.07 Å². The normalized spacial score (nSPS) is 9.36. The van der Waals surface area contributed by atoms with Gasteiger partial charge in [-0.3, -0.25) is 0 Å². The maximum atomic E-state index is 3.24. The van der Waals surface area contributed by atoms with E-state index < -0.39 is 14.7 Å². The summed E-state index contributed by atoms with van der Waals surface area (Å²) in [6.45, 7) is 0. The molecule has 54 valence electrons. The average Bonchev–Trinajstić information content (AvgIpc) is 1.88. The van der Waals surface area contributed by atoms with Crippen molar-refractivity contribution in [1.29, 1.82) is 0 Å². The van der Waals surface area contributed by atoms with Gasteiger partial charge in [0.05, 0.1) is 0 Å². The quantitative estimate of drug-likeness (QED) is 0.440. The number of rotatable bonds is 2. The maximum absolute atomic E-state index is 3.24. The Kier molecular flexibility index (Phi) is 6.16. The molecule has 1 rings (SSSR count). The molecule has 1 aromatic carbocycles. The van der Waals surface area contributed by atoms with Crippen LogP contribution in [0.2, 0.25) is 11.4 Å². The molecule has 0 saturated heterocycles. The topological polar surface area (TPSA) is 0 Å². The minimum atomic E-state index is -0.487. The van der Waals surface area contributed by atoms with Gasteiger partial charge in [0.25, 0.3) is 0 Å². The third-order valence-corrected chi connectivity index (χ3v) is 3.30. The Morgan fingerprint density at radius 2 is 2.09 bits per heavy atom. The van der Waals surface area contributed by atoms with Crippen molar-refractivity contribution in [3.05, 3.63) is 35.9 Å². The fourth-order valence-electron chi connectivity index (χ4n) is 0.870. The standard InChI is InChI=1S/C9H12As.Li/c1-10(2)8-9-6-4-3-5-7-9;/h3-6H,8H2,1-2H3;/q-1;+1. The molecular weight excluding hydrogens is 190 g/mol. The third kappa shape index (κ3) is 4.75. The molecular formula is C9H12AsLi. The smallest absolute Gasteiger partial charge is 1.00 e. The molecule has 0 radical (unpaired) electrons. The summed E-state index contributed by atoms with van der Waals surface area (Å²) in [7, 11) is 0. The van der Waals surface area contributed by atoms with Gasteiger partial charge < -0.3 is 0 Å². The van der Waals surface area contributed by atoms with E-state index in [0.29, 0.717) is 0 Å². The van der Waals surface area contributed by atoms with Gasteiger partial charge in [-0.25, -0.2) is 0 Å². The van der Waals surface area contributed by atoms with E-state index in [-0.39, 0.29) is 18.9 Å². The van der Waals surface area contributed by atoms with Crippen LogP contribution in [0.15, 0.2) is 24.3 Å². The Hall–Kier alpha value is 0.376. The average molecular weight is 202 g/mol. The molecule has 0 saturated carbocycles. The van der Waals surface area contributed by atoms with Crippen LogP contribution in [0.25, 0.3) is 0 Å². The van der Waals surface area contributed by atoms with Gasteiger partial charge >= 0.3 is 86.0 Å². The predicted molar refractivity (Wildman–Crippen MR) is 46.5 cm³/mol. The summed E-state index contributed by atoms with van der Waals surface area (Å²) in [4.78, 5) is 0. The van der Waals surface area contributed by atoms with Gasteiger partial charge in [-0.2, -0.15) is 0 Å². The summed E-state index contributed by atoms with van der Waals surface area (Å²) in [6, 6.07) is 11.5. The van der Waals surface area contributed by atoms with Crippen LogP contribution in [0.5, 0.6) is 0 Å². The van der Waals surface area contributed by atoms with Crippen molar-refractivity contribution in [2.24, 2.45) is 0 Å². The molecule has 0 aliphatic carbocycles. The fraction of sp³-hybridized carbons (Fsp3) is 0.333. The van der Waals surface area contributed by atoms with Crippen LogP contribution >= 0.6 is 0 Å². The molecule has 11 heavy (non-hydrogen) atoms. The molecule has 0 unspecified atom stereocenters. The van der Waals surface area contributed by atoms with E-state index in [1.807, 2.05) is 12.1 Å². The number of benzene rings is 1. The Morgan fingerprint density at radius 3 is 2.55 bits per heavy atom. The maximum Gasteiger partial charge on any atom is 1.00 e. The van der Waals surface area contributed by atoms with Crippen molar-refractivity contribution in [2.45, 2.75) is 16.6 Å². The molecule has 0 fully saturated rings. The zero-order chi connectivity index (χ0) is 7.40. The SMILES string of the molecule is C[As](C)Cc1[c-]cccc1.[Li+]. The van der Waals surface area contributed by atoms with Crippen molar-refractivity contribution in [3.63, 3.8) is 0 Å². The molecule has 0 aliphatic rings. The molecule has 0 bridgehead atoms. The summed E-state index contributed by atoms with van der Waals surface area (Å²) in [6.07, 6.45) is 0. The van der Waals surface area contributed by atoms with Crippen molar-refractivity contribution >= 4 is 14.7 Å². The first kappa shape index (κ1) is 11.4. The summed E-state index contributed by atoms with van der Waals surface area (Å²) < 4.78 is 0. The molecule has 0 aliphatic heterocycles. The Morgan fingerprint density at radius 1 is 1.36 bits per heavy atom. The third-order valence-electron chi connectivity index (χ3n) is 1.26. The van der Waals surface area contributed by atoms with Crippen LogP contribution in [0.1, 0.15) is 5.56 Å². The van der Waals surface area contributed by atoms with E-state index >= 15 is 0 Å². The van der Waals surface area contributed by atoms with E-state index in [0.717, 1.165) is 0 Å². The van der Waals surface area contributed by atoms with Crippen LogP contribution < -0.4 is 18.9 Å². The van der Waals surface area contributed by atoms with Gasteiger partial charge in [-0.05, 0) is 0 Å². The van der Waals surface area contributed by atoms with Crippen LogP contribution in [0.4, 0.5) is 0 Å². The van der Waals surface area contributed by atoms with Gasteiger partial charge in [0.1, 0.15) is 0 Å². The molecule has 0 atom stereocenters. The van der Waals surface area contributed by atoms with E-state index in [1.54, 1.807) is 0 Å². The minimum absolute atomic E-state index is 0. The van der Waals surface area contributed by atoms with Crippen LogP contribution in [0.3, 0.4) is 0 Å². The summed E-state index contributed by atoms with van der Waals surface area (Å²) in [5.74, 6) is 0. The van der Waals surface area contributed by atoms with Crippen molar-refractivity contribution in [1.82, 2.24) is 0 Å². The van der Waals surface area contributed by atoms with Crippen molar-refractivity contribution in [3.8, 4) is 0 Å². The van der Waals surface area contributed by atoms with E-state index in [1.165, 1.54) is 10.8 Å². The number of hydrogen-bond donors (Lipinski definition) is 0. The zero-order valence-electron chi connectivity index (χ0n) is 7.46. The molecule has 0 amide bonds. The molecule has 0 N–H and O–H groups in total. The monoisotopic (exact) mass is 202 g/mol. The fourth-order valence-corrected chi connectivity index (χ4v) is 2.71. The first-order valence-electron chi connectivity index (χ1n) is 3.39. The van der Waals surface area contributed by atoms with Gasteiger partial charge in [0.2, 0.25) is 0 Å². The molecule has 2 heteroatoms. The van der Waals surface area contributed by atoms with Crippen molar-refractivity contribution in [2.75, 3.05) is 0 Å². The van der Waals surface area contributed by atoms with Gasteiger partial charge in [-0.1, -0.05) is 0 Å². The molecule has 0 nitrogen and oxygen atoms in total. The van der Waals surface area contributed by atoms with Crippen LogP contribution in [-0.2, 0) is 5.21 Å². The van der Waals surface area contributed by atoms with E-state index in [4.69, 9.17) is 0 Å². The second-order valence-electron chi connectivity index (χ2n) is 2.63. The van der Waals surface area contributed by atoms with Crippen molar-refractivity contribution < 1.29 is 18.9 Å². The number of hydrogen-bond acceptors (Lipinski definition) is 0. The van der Waals surface area contributed by atoms with Gasteiger partial charge in [0, 0.05) is 0 Å². The van der Waals surface area contributed by atoms with Crippen LogP contribution in [-0.4, -0.2) is 14.7 Å². The second kappa shape index (κ2) is 5.96. The molecule has 1 aromatic rings. The Labute approximate surface area is 85.8 Å². The molecule has 0 heterocycles. The Bertz CT molecular complexity index is 184. The first-order chi connectivity index (χ1) is 4.79. The van der Waals surface area contributed by atoms with E-state index in [9.17, 15) is 0 Å². The predicted octanol–water partition coefficient (Wildman–Crippen LogP) is -0.673.